The van der Waals surface area contributed by atoms with Gasteiger partial charge >= 0.3 is 12.1 Å². The summed E-state index contributed by atoms with van der Waals surface area (Å²) in [6.07, 6.45) is 4.51. The minimum Gasteiger partial charge on any atom is -0.508 e. The van der Waals surface area contributed by atoms with E-state index in [1.807, 2.05) is 72.8 Å². The fourth-order valence-electron chi connectivity index (χ4n) is 9.62. The maximum atomic E-state index is 14.6. The van der Waals surface area contributed by atoms with Crippen molar-refractivity contribution in [2.45, 2.75) is 102 Å². The van der Waals surface area contributed by atoms with Crippen LogP contribution in [0.1, 0.15) is 110 Å². The molecule has 19 nitrogen and oxygen atoms in total. The number of alkyl carbamates (subject to hydrolysis) is 1. The molecule has 0 bridgehead atoms. The van der Waals surface area contributed by atoms with E-state index in [4.69, 9.17) is 15.2 Å². The van der Waals surface area contributed by atoms with E-state index in [0.29, 0.717) is 76.2 Å². The summed E-state index contributed by atoms with van der Waals surface area (Å²) in [5.74, 6) is -0.313. The zero-order valence-corrected chi connectivity index (χ0v) is 44.9. The molecule has 0 radical (unpaired) electrons. The SMILES string of the molecule is CCC(=O)NCCNC(=O)NC(N)=NCCC[C@@H](NC(=O)[C@H](c1ccc(OCCCCNC(=O)CCCCCNC(=O)OCC2c3ccccc3-c3ccccc32)cc1)N1Cc2ccccc2C1)C(=O)NCc1ccc(O)cc1. The van der Waals surface area contributed by atoms with Gasteiger partial charge in [0, 0.05) is 71.1 Å². The highest BCUT2D eigenvalue weighted by atomic mass is 16.5. The van der Waals surface area contributed by atoms with E-state index in [2.05, 4.69) is 71.4 Å². The van der Waals surface area contributed by atoms with Gasteiger partial charge in [-0.2, -0.15) is 0 Å². The molecule has 10 N–H and O–H groups in total. The number of nitrogens with zero attached hydrogens (tertiary/aromatic N) is 2. The van der Waals surface area contributed by atoms with Crippen LogP contribution in [0.2, 0.25) is 0 Å². The minimum atomic E-state index is -0.964. The van der Waals surface area contributed by atoms with Gasteiger partial charge in [0.05, 0.1) is 6.61 Å². The maximum Gasteiger partial charge on any atom is 0.407 e. The van der Waals surface area contributed by atoms with Crippen LogP contribution in [0.5, 0.6) is 11.5 Å². The highest BCUT2D eigenvalue weighted by Gasteiger charge is 2.35. The van der Waals surface area contributed by atoms with Crippen LogP contribution in [0.4, 0.5) is 9.59 Å². The van der Waals surface area contributed by atoms with Crippen molar-refractivity contribution in [3.05, 3.63) is 155 Å². The Morgan fingerprint density at radius 2 is 1.30 bits per heavy atom. The van der Waals surface area contributed by atoms with Crippen molar-refractivity contribution in [1.82, 2.24) is 42.1 Å². The molecule has 1 heterocycles. The van der Waals surface area contributed by atoms with Gasteiger partial charge in [0.1, 0.15) is 30.2 Å². The average Bonchev–Trinajstić information content (AvgIpc) is 4.24. The number of aromatic hydroxyl groups is 1. The van der Waals surface area contributed by atoms with Crippen LogP contribution in [0.3, 0.4) is 0 Å². The van der Waals surface area contributed by atoms with E-state index < -0.39 is 30.1 Å². The van der Waals surface area contributed by atoms with E-state index in [1.165, 1.54) is 34.4 Å². The van der Waals surface area contributed by atoms with E-state index in [-0.39, 0.29) is 74.6 Å². The van der Waals surface area contributed by atoms with Crippen LogP contribution >= 0.6 is 0 Å². The van der Waals surface area contributed by atoms with Crippen molar-refractivity contribution >= 4 is 41.7 Å². The van der Waals surface area contributed by atoms with Crippen molar-refractivity contribution in [3.63, 3.8) is 0 Å². The Balaban J connectivity index is 0.833. The quantitative estimate of drug-likeness (QED) is 0.0141. The number of urea groups is 1. The number of hydrogen-bond acceptors (Lipinski definition) is 11. The molecule has 0 aromatic heterocycles. The second-order valence-electron chi connectivity index (χ2n) is 19.6. The van der Waals surface area contributed by atoms with Gasteiger partial charge in [-0.15, -0.1) is 0 Å². The summed E-state index contributed by atoms with van der Waals surface area (Å²) in [5.41, 5.74) is 14.4. The third-order valence-electron chi connectivity index (χ3n) is 13.8. The predicted molar refractivity (Wildman–Crippen MR) is 302 cm³/mol. The average molecular weight is 1080 g/mol. The minimum absolute atomic E-state index is 0.00708. The largest absolute Gasteiger partial charge is 0.508 e. The van der Waals surface area contributed by atoms with Gasteiger partial charge in [-0.05, 0) is 107 Å². The summed E-state index contributed by atoms with van der Waals surface area (Å²) in [6.45, 7) is 5.22. The van der Waals surface area contributed by atoms with Crippen molar-refractivity contribution in [2.75, 3.05) is 45.9 Å². The molecule has 0 saturated heterocycles. The molecule has 418 valence electrons. The molecule has 0 unspecified atom stereocenters. The number of carbonyl (C=O) groups is 6. The number of nitrogens with two attached hydrogens (primary N) is 1. The molecule has 2 atom stereocenters. The Morgan fingerprint density at radius 1 is 0.671 bits per heavy atom. The molecule has 0 saturated carbocycles. The Morgan fingerprint density at radius 3 is 2.00 bits per heavy atom. The molecule has 0 spiro atoms. The number of guanidine groups is 1. The molecular formula is C60H74N10O9. The summed E-state index contributed by atoms with van der Waals surface area (Å²) in [7, 11) is 0. The number of phenols is 1. The number of phenolic OH excluding ortho intramolecular Hbond substituents is 1. The fourth-order valence-corrected chi connectivity index (χ4v) is 9.62. The van der Waals surface area contributed by atoms with Crippen LogP contribution in [0, 0.1) is 0 Å². The first-order chi connectivity index (χ1) is 38.4. The monoisotopic (exact) mass is 1080 g/mol. The van der Waals surface area contributed by atoms with E-state index >= 15 is 0 Å². The molecule has 5 aromatic carbocycles. The first kappa shape index (κ1) is 58.2. The van der Waals surface area contributed by atoms with Crippen molar-refractivity contribution in [2.24, 2.45) is 10.7 Å². The summed E-state index contributed by atoms with van der Waals surface area (Å²) in [6, 6.07) is 36.0. The number of rotatable bonds is 29. The number of hydrogen-bond donors (Lipinski definition) is 9. The number of nitrogens with one attached hydrogen (secondary N) is 7. The number of carbonyl (C=O) groups excluding carboxylic acids is 6. The first-order valence-corrected chi connectivity index (χ1v) is 27.3. The molecule has 79 heavy (non-hydrogen) atoms. The standard InChI is InChI=1S/C60H74N10O9/c1-2-53(72)63-34-35-65-59(76)69-58(61)64-33-14-21-52(56(74)67-37-41-23-27-45(71)28-24-41)68-57(75)55(70-38-43-15-5-6-16-44(43)39-70)42-25-29-46(30-26-42)78-36-13-12-31-62-54(73)22-4-3-11-32-66-60(77)79-40-51-49-19-9-7-17-47(49)48-18-8-10-20-50(48)51/h5-10,15-20,23-30,51-52,55,71H,2-4,11-14,21-22,31-40H2,1H3,(H,62,73)(H,63,72)(H,66,77)(H,67,74)(H,68,75)(H4,61,64,65,69,76)/t52-,55+/m1/s1. The summed E-state index contributed by atoms with van der Waals surface area (Å²) >= 11 is 0. The Labute approximate surface area is 461 Å². The number of aliphatic imine (C=N–C) groups is 1. The van der Waals surface area contributed by atoms with E-state index in [0.717, 1.165) is 36.0 Å². The third-order valence-corrected chi connectivity index (χ3v) is 13.8. The number of ether oxygens (including phenoxy) is 2. The molecular weight excluding hydrogens is 1000 g/mol. The summed E-state index contributed by atoms with van der Waals surface area (Å²) in [5, 5.41) is 29.3. The lowest BCUT2D eigenvalue weighted by molar-refractivity contribution is -0.132. The van der Waals surface area contributed by atoms with Crippen LogP contribution in [0.15, 0.2) is 126 Å². The van der Waals surface area contributed by atoms with Crippen molar-refractivity contribution in [3.8, 4) is 22.6 Å². The van der Waals surface area contributed by atoms with Crippen molar-refractivity contribution in [1.29, 1.82) is 0 Å². The Hall–Kier alpha value is -8.45. The van der Waals surface area contributed by atoms with E-state index in [9.17, 15) is 33.9 Å². The fraction of sp³-hybridized carbons (Fsp3) is 0.383. The Kier molecular flexibility index (Phi) is 22.5. The molecule has 19 heteroatoms. The van der Waals surface area contributed by atoms with Gasteiger partial charge < -0.3 is 52.2 Å². The number of unbranched alkanes of at least 4 members (excludes halogenated alkanes) is 3. The zero-order valence-electron chi connectivity index (χ0n) is 44.9. The molecule has 1 aliphatic heterocycles. The summed E-state index contributed by atoms with van der Waals surface area (Å²) in [4.78, 5) is 83.6. The lowest BCUT2D eigenvalue weighted by atomic mass is 9.98. The number of amides is 7. The van der Waals surface area contributed by atoms with Crippen LogP contribution in [-0.4, -0.2) is 104 Å². The number of benzene rings is 5. The molecule has 0 fully saturated rings. The van der Waals surface area contributed by atoms with Crippen LogP contribution < -0.4 is 47.7 Å². The molecule has 7 amide bonds. The second kappa shape index (κ2) is 30.5. The van der Waals surface area contributed by atoms with Crippen molar-refractivity contribution < 1.29 is 43.3 Å². The third kappa shape index (κ3) is 18.1. The highest BCUT2D eigenvalue weighted by molar-refractivity contribution is 5.95. The van der Waals surface area contributed by atoms with Crippen LogP contribution in [-0.2, 0) is 43.5 Å². The number of fused-ring (bicyclic) bond motifs is 4. The molecule has 2 aliphatic rings. The molecule has 7 rings (SSSR count). The predicted octanol–water partition coefficient (Wildman–Crippen LogP) is 6.54. The summed E-state index contributed by atoms with van der Waals surface area (Å²) < 4.78 is 11.7. The maximum absolute atomic E-state index is 14.6. The normalized spacial score (nSPS) is 13.4. The van der Waals surface area contributed by atoms with Gasteiger partial charge in [-0.1, -0.05) is 110 Å². The smallest absolute Gasteiger partial charge is 0.407 e. The molecule has 5 aromatic rings. The second-order valence-corrected chi connectivity index (χ2v) is 19.6. The van der Waals surface area contributed by atoms with Gasteiger partial charge in [0.15, 0.2) is 5.96 Å². The van der Waals surface area contributed by atoms with Gasteiger partial charge in [0.2, 0.25) is 23.6 Å². The zero-order chi connectivity index (χ0) is 55.8. The highest BCUT2D eigenvalue weighted by Crippen LogP contribution is 2.44. The topological polar surface area (TPSA) is 267 Å². The lowest BCUT2D eigenvalue weighted by Gasteiger charge is -2.29. The molecule has 1 aliphatic carbocycles. The van der Waals surface area contributed by atoms with E-state index in [1.54, 1.807) is 19.1 Å². The van der Waals surface area contributed by atoms with Gasteiger partial charge in [-0.25, -0.2) is 9.59 Å². The van der Waals surface area contributed by atoms with Gasteiger partial charge in [0.25, 0.3) is 0 Å². The Bertz CT molecular complexity index is 2790. The van der Waals surface area contributed by atoms with Crippen LogP contribution in [0.25, 0.3) is 11.1 Å². The lowest BCUT2D eigenvalue weighted by Crippen LogP contribution is -2.50. The van der Waals surface area contributed by atoms with Gasteiger partial charge in [-0.3, -0.25) is 34.4 Å². The first-order valence-electron chi connectivity index (χ1n) is 27.3.